The quantitative estimate of drug-likeness (QED) is 0.784. The summed E-state index contributed by atoms with van der Waals surface area (Å²) in [5.74, 6) is 0.291. The maximum atomic E-state index is 12.8. The second-order valence-electron chi connectivity index (χ2n) is 6.02. The van der Waals surface area contributed by atoms with Crippen molar-refractivity contribution in [3.05, 3.63) is 24.3 Å². The van der Waals surface area contributed by atoms with Crippen LogP contribution < -0.4 is 10.1 Å². The van der Waals surface area contributed by atoms with Crippen LogP contribution in [0.4, 0.5) is 0 Å². The number of β-amino-alcohol motifs (C(OH)–C–C–N with tert-alkyl or cyclic N) is 1. The summed E-state index contributed by atoms with van der Waals surface area (Å²) in [6, 6.07) is 6.27. The standard InChI is InChI=1S/C16H24N2O5S/c1-17-15(19)7-9-16(20)8-4-10-18(12-16)24(21,22)14-6-3-5-13(11-14)23-2/h3,5-6,11,20H,4,7-10,12H2,1-2H3,(H,17,19). The van der Waals surface area contributed by atoms with Gasteiger partial charge in [0.15, 0.2) is 0 Å². The second kappa shape index (κ2) is 7.50. The topological polar surface area (TPSA) is 95.9 Å². The van der Waals surface area contributed by atoms with Gasteiger partial charge in [0.2, 0.25) is 15.9 Å². The Morgan fingerprint density at radius 1 is 1.46 bits per heavy atom. The molecule has 2 N–H and O–H groups in total. The van der Waals surface area contributed by atoms with Crippen LogP contribution >= 0.6 is 0 Å². The highest BCUT2D eigenvalue weighted by Crippen LogP contribution is 2.30. The summed E-state index contributed by atoms with van der Waals surface area (Å²) >= 11 is 0. The molecule has 0 bridgehead atoms. The minimum Gasteiger partial charge on any atom is -0.497 e. The summed E-state index contributed by atoms with van der Waals surface area (Å²) in [7, 11) is -0.706. The molecular weight excluding hydrogens is 332 g/mol. The molecule has 1 aromatic carbocycles. The maximum absolute atomic E-state index is 12.8. The molecule has 0 aliphatic carbocycles. The van der Waals surface area contributed by atoms with Gasteiger partial charge in [0.25, 0.3) is 0 Å². The molecule has 134 valence electrons. The Labute approximate surface area is 142 Å². The molecule has 7 nitrogen and oxygen atoms in total. The smallest absolute Gasteiger partial charge is 0.243 e. The highest BCUT2D eigenvalue weighted by atomic mass is 32.2. The Balaban J connectivity index is 2.16. The number of methoxy groups -OCH3 is 1. The molecule has 1 saturated heterocycles. The molecule has 1 aromatic rings. The van der Waals surface area contributed by atoms with Crippen LogP contribution in [-0.4, -0.2) is 56.6 Å². The maximum Gasteiger partial charge on any atom is 0.243 e. The minimum absolute atomic E-state index is 0.0104. The van der Waals surface area contributed by atoms with Crippen molar-refractivity contribution in [2.75, 3.05) is 27.2 Å². The van der Waals surface area contributed by atoms with E-state index in [1.54, 1.807) is 12.1 Å². The van der Waals surface area contributed by atoms with E-state index in [2.05, 4.69) is 5.32 Å². The molecule has 1 fully saturated rings. The van der Waals surface area contributed by atoms with Gasteiger partial charge in [0, 0.05) is 32.6 Å². The lowest BCUT2D eigenvalue weighted by atomic mass is 9.89. The normalized spacial score (nSPS) is 22.1. The number of nitrogens with zero attached hydrogens (tertiary/aromatic N) is 1. The Hall–Kier alpha value is -1.64. The first-order valence-electron chi connectivity index (χ1n) is 7.88. The number of piperidine rings is 1. The molecule has 0 aromatic heterocycles. The number of rotatable bonds is 6. The van der Waals surface area contributed by atoms with E-state index in [9.17, 15) is 18.3 Å². The molecule has 24 heavy (non-hydrogen) atoms. The van der Waals surface area contributed by atoms with E-state index in [4.69, 9.17) is 4.74 Å². The first kappa shape index (κ1) is 18.7. The van der Waals surface area contributed by atoms with Gasteiger partial charge in [0.1, 0.15) is 5.75 Å². The molecule has 1 amide bonds. The fourth-order valence-corrected chi connectivity index (χ4v) is 4.46. The molecule has 1 aliphatic rings. The number of amides is 1. The number of nitrogens with one attached hydrogen (secondary N) is 1. The number of carbonyl (C=O) groups is 1. The lowest BCUT2D eigenvalue weighted by molar-refractivity contribution is -0.122. The van der Waals surface area contributed by atoms with Crippen molar-refractivity contribution < 1.29 is 23.1 Å². The zero-order valence-electron chi connectivity index (χ0n) is 14.0. The van der Waals surface area contributed by atoms with E-state index >= 15 is 0 Å². The monoisotopic (exact) mass is 356 g/mol. The number of ether oxygens (including phenoxy) is 1. The fraction of sp³-hybridized carbons (Fsp3) is 0.562. The predicted octanol–water partition coefficient (Wildman–Crippen LogP) is 0.737. The third-order valence-corrected chi connectivity index (χ3v) is 6.14. The molecule has 1 aliphatic heterocycles. The van der Waals surface area contributed by atoms with Crippen molar-refractivity contribution >= 4 is 15.9 Å². The van der Waals surface area contributed by atoms with Crippen molar-refractivity contribution in [1.82, 2.24) is 9.62 Å². The SMILES string of the molecule is CNC(=O)CCC1(O)CCCN(S(=O)(=O)c2cccc(OC)c2)C1. The zero-order valence-corrected chi connectivity index (χ0v) is 14.8. The number of aliphatic hydroxyl groups is 1. The van der Waals surface area contributed by atoms with Crippen LogP contribution in [-0.2, 0) is 14.8 Å². The average molecular weight is 356 g/mol. The third-order valence-electron chi connectivity index (χ3n) is 4.30. The highest BCUT2D eigenvalue weighted by Gasteiger charge is 2.38. The average Bonchev–Trinajstić information content (AvgIpc) is 2.59. The molecule has 1 atom stereocenters. The van der Waals surface area contributed by atoms with Crippen LogP contribution in [0.15, 0.2) is 29.2 Å². The van der Waals surface area contributed by atoms with Gasteiger partial charge in [-0.2, -0.15) is 4.31 Å². The molecular formula is C16H24N2O5S. The summed E-state index contributed by atoms with van der Waals surface area (Å²) in [5, 5.41) is 13.2. The van der Waals surface area contributed by atoms with E-state index < -0.39 is 15.6 Å². The van der Waals surface area contributed by atoms with Crippen molar-refractivity contribution in [3.8, 4) is 5.75 Å². The van der Waals surface area contributed by atoms with Crippen LogP contribution in [0.5, 0.6) is 5.75 Å². The molecule has 2 rings (SSSR count). The molecule has 0 spiro atoms. The van der Waals surface area contributed by atoms with Gasteiger partial charge >= 0.3 is 0 Å². The molecule has 1 unspecified atom stereocenters. The Morgan fingerprint density at radius 2 is 2.21 bits per heavy atom. The molecule has 0 radical (unpaired) electrons. The summed E-state index contributed by atoms with van der Waals surface area (Å²) in [4.78, 5) is 11.5. The number of hydrogen-bond donors (Lipinski definition) is 2. The van der Waals surface area contributed by atoms with Gasteiger partial charge < -0.3 is 15.2 Å². The largest absolute Gasteiger partial charge is 0.497 e. The van der Waals surface area contributed by atoms with E-state index in [0.717, 1.165) is 0 Å². The first-order valence-corrected chi connectivity index (χ1v) is 9.32. The van der Waals surface area contributed by atoms with Gasteiger partial charge in [-0.15, -0.1) is 0 Å². The molecule has 8 heteroatoms. The second-order valence-corrected chi connectivity index (χ2v) is 7.96. The summed E-state index contributed by atoms with van der Waals surface area (Å²) in [5.41, 5.74) is -1.18. The molecule has 1 heterocycles. The highest BCUT2D eigenvalue weighted by molar-refractivity contribution is 7.89. The molecule has 0 saturated carbocycles. The number of hydrogen-bond acceptors (Lipinski definition) is 5. The van der Waals surface area contributed by atoms with Crippen molar-refractivity contribution in [1.29, 1.82) is 0 Å². The van der Waals surface area contributed by atoms with Crippen molar-refractivity contribution in [3.63, 3.8) is 0 Å². The lowest BCUT2D eigenvalue weighted by Gasteiger charge is -2.38. The Kier molecular flexibility index (Phi) is 5.84. The van der Waals surface area contributed by atoms with Crippen molar-refractivity contribution in [2.24, 2.45) is 0 Å². The zero-order chi connectivity index (χ0) is 17.8. The fourth-order valence-electron chi connectivity index (χ4n) is 2.86. The number of sulfonamides is 1. The van der Waals surface area contributed by atoms with Crippen LogP contribution in [0.1, 0.15) is 25.7 Å². The van der Waals surface area contributed by atoms with Gasteiger partial charge in [-0.1, -0.05) is 6.07 Å². The van der Waals surface area contributed by atoms with E-state index in [-0.39, 0.29) is 30.2 Å². The van der Waals surface area contributed by atoms with Crippen LogP contribution in [0.2, 0.25) is 0 Å². The predicted molar refractivity (Wildman–Crippen MR) is 89.2 cm³/mol. The van der Waals surface area contributed by atoms with Crippen LogP contribution in [0, 0.1) is 0 Å². The Morgan fingerprint density at radius 3 is 2.88 bits per heavy atom. The van der Waals surface area contributed by atoms with Gasteiger partial charge in [-0.25, -0.2) is 8.42 Å². The minimum atomic E-state index is -3.72. The summed E-state index contributed by atoms with van der Waals surface area (Å²) < 4.78 is 32.0. The lowest BCUT2D eigenvalue weighted by Crippen LogP contribution is -2.50. The van der Waals surface area contributed by atoms with Crippen LogP contribution in [0.25, 0.3) is 0 Å². The van der Waals surface area contributed by atoms with E-state index in [1.165, 1.54) is 30.6 Å². The Bertz CT molecular complexity index is 691. The van der Waals surface area contributed by atoms with E-state index in [1.807, 2.05) is 0 Å². The van der Waals surface area contributed by atoms with Gasteiger partial charge in [0.05, 0.1) is 17.6 Å². The number of carbonyl (C=O) groups excluding carboxylic acids is 1. The summed E-state index contributed by atoms with van der Waals surface area (Å²) in [6.45, 7) is 0.339. The summed E-state index contributed by atoms with van der Waals surface area (Å²) in [6.07, 6.45) is 1.43. The van der Waals surface area contributed by atoms with Gasteiger partial charge in [-0.3, -0.25) is 4.79 Å². The van der Waals surface area contributed by atoms with Crippen LogP contribution in [0.3, 0.4) is 0 Å². The first-order chi connectivity index (χ1) is 11.3. The van der Waals surface area contributed by atoms with Crippen molar-refractivity contribution in [2.45, 2.75) is 36.2 Å². The third kappa shape index (κ3) is 4.25. The number of benzene rings is 1. The van der Waals surface area contributed by atoms with E-state index in [0.29, 0.717) is 25.1 Å². The van der Waals surface area contributed by atoms with Gasteiger partial charge in [-0.05, 0) is 31.4 Å².